The molecule has 1 aliphatic rings. The predicted molar refractivity (Wildman–Crippen MR) is 110 cm³/mol. The first-order valence-corrected chi connectivity index (χ1v) is 11.6. The number of halogens is 3. The van der Waals surface area contributed by atoms with Crippen LogP contribution in [-0.4, -0.2) is 61.9 Å². The third-order valence-corrected chi connectivity index (χ3v) is 7.81. The quantitative estimate of drug-likeness (QED) is 0.690. The normalized spacial score (nSPS) is 19.7. The molecular weight excluding hydrogens is 419 g/mol. The largest absolute Gasteiger partial charge is 0.393 e. The zero-order chi connectivity index (χ0) is 22.7. The Kier molecular flexibility index (Phi) is 7.92. The maximum atomic E-state index is 13.1. The summed E-state index contributed by atoms with van der Waals surface area (Å²) in [5, 5.41) is 2.66. The first-order valence-electron chi connectivity index (χ1n) is 10.1. The average Bonchev–Trinajstić information content (AvgIpc) is 2.68. The molecule has 2 atom stereocenters. The number of carbonyl (C=O) groups excluding carboxylic acids is 1. The number of piperidine rings is 1. The Bertz CT molecular complexity index is 855. The predicted octanol–water partition coefficient (Wildman–Crippen LogP) is 3.63. The zero-order valence-electron chi connectivity index (χ0n) is 17.8. The molecule has 0 aromatic heterocycles. The molecule has 10 heteroatoms. The lowest BCUT2D eigenvalue weighted by Crippen LogP contribution is -2.49. The second-order valence-corrected chi connectivity index (χ2v) is 9.52. The number of likely N-dealkylation sites (tertiary alicyclic amines) is 1. The van der Waals surface area contributed by atoms with Crippen LogP contribution in [0.1, 0.15) is 39.2 Å². The zero-order valence-corrected chi connectivity index (χ0v) is 18.6. The van der Waals surface area contributed by atoms with Crippen LogP contribution in [-0.2, 0) is 14.8 Å². The van der Waals surface area contributed by atoms with Crippen LogP contribution in [0, 0.1) is 12.8 Å². The summed E-state index contributed by atoms with van der Waals surface area (Å²) in [6.07, 6.45) is -3.84. The molecular formula is C20H30F3N3O3S. The number of nitrogens with one attached hydrogen (secondary N) is 1. The van der Waals surface area contributed by atoms with Crippen LogP contribution in [0.2, 0.25) is 0 Å². The second-order valence-electron chi connectivity index (χ2n) is 7.61. The van der Waals surface area contributed by atoms with E-state index in [0.29, 0.717) is 37.3 Å². The summed E-state index contributed by atoms with van der Waals surface area (Å²) in [7, 11) is -3.71. The Morgan fingerprint density at radius 3 is 2.50 bits per heavy atom. The molecule has 1 fully saturated rings. The van der Waals surface area contributed by atoms with Crippen molar-refractivity contribution in [1.82, 2.24) is 9.21 Å². The molecule has 0 aliphatic carbocycles. The minimum absolute atomic E-state index is 0.0683. The standard InChI is InChI=1S/C20H30F3N3O3S/c1-5-26(6-2)30(28,29)18-12-17(10-9-14(18)3)24-19(27)15(4)25-11-7-8-16(13-25)20(21,22)23/h9-10,12,15-16H,5-8,11,13H2,1-4H3,(H,24,27)/t15-,16-/m0/s1. The van der Waals surface area contributed by atoms with Crippen LogP contribution in [0.25, 0.3) is 0 Å². The number of amides is 1. The molecule has 6 nitrogen and oxygen atoms in total. The molecule has 0 saturated carbocycles. The van der Waals surface area contributed by atoms with E-state index in [4.69, 9.17) is 0 Å². The van der Waals surface area contributed by atoms with Gasteiger partial charge in [-0.3, -0.25) is 9.69 Å². The van der Waals surface area contributed by atoms with E-state index in [9.17, 15) is 26.4 Å². The molecule has 0 bridgehead atoms. The summed E-state index contributed by atoms with van der Waals surface area (Å²) < 4.78 is 66.2. The highest BCUT2D eigenvalue weighted by Gasteiger charge is 2.43. The summed E-state index contributed by atoms with van der Waals surface area (Å²) in [4.78, 5) is 14.3. The lowest BCUT2D eigenvalue weighted by atomic mass is 9.96. The van der Waals surface area contributed by atoms with Gasteiger partial charge in [-0.15, -0.1) is 0 Å². The van der Waals surface area contributed by atoms with Gasteiger partial charge < -0.3 is 5.32 Å². The Morgan fingerprint density at radius 2 is 1.93 bits per heavy atom. The maximum Gasteiger partial charge on any atom is 0.393 e. The van der Waals surface area contributed by atoms with Gasteiger partial charge in [0.15, 0.2) is 0 Å². The van der Waals surface area contributed by atoms with Crippen LogP contribution < -0.4 is 5.32 Å². The Morgan fingerprint density at radius 1 is 1.30 bits per heavy atom. The maximum absolute atomic E-state index is 13.1. The molecule has 0 spiro atoms. The van der Waals surface area contributed by atoms with Crippen molar-refractivity contribution in [2.75, 3.05) is 31.5 Å². The molecule has 0 radical (unpaired) electrons. The summed E-state index contributed by atoms with van der Waals surface area (Å²) in [5.41, 5.74) is 0.851. The number of benzene rings is 1. The molecule has 1 aromatic carbocycles. The lowest BCUT2D eigenvalue weighted by molar-refractivity contribution is -0.188. The van der Waals surface area contributed by atoms with Crippen molar-refractivity contribution < 1.29 is 26.4 Å². The van der Waals surface area contributed by atoms with Crippen molar-refractivity contribution in [1.29, 1.82) is 0 Å². The third kappa shape index (κ3) is 5.53. The van der Waals surface area contributed by atoms with Crippen LogP contribution >= 0.6 is 0 Å². The summed E-state index contributed by atoms with van der Waals surface area (Å²) in [5.74, 6) is -1.90. The van der Waals surface area contributed by atoms with Crippen molar-refractivity contribution >= 4 is 21.6 Å². The van der Waals surface area contributed by atoms with Crippen molar-refractivity contribution in [2.24, 2.45) is 5.92 Å². The number of nitrogens with zero attached hydrogens (tertiary/aromatic N) is 2. The van der Waals surface area contributed by atoms with Gasteiger partial charge in [0.1, 0.15) is 0 Å². The van der Waals surface area contributed by atoms with Crippen molar-refractivity contribution in [3.8, 4) is 0 Å². The number of aryl methyl sites for hydroxylation is 1. The molecule has 1 N–H and O–H groups in total. The number of hydrogen-bond donors (Lipinski definition) is 1. The summed E-state index contributed by atoms with van der Waals surface area (Å²) in [6.45, 7) is 7.57. The number of sulfonamides is 1. The fourth-order valence-corrected chi connectivity index (χ4v) is 5.41. The van der Waals surface area contributed by atoms with Gasteiger partial charge >= 0.3 is 6.18 Å². The molecule has 1 heterocycles. The van der Waals surface area contributed by atoms with E-state index in [-0.39, 0.29) is 17.9 Å². The van der Waals surface area contributed by atoms with Crippen molar-refractivity contribution in [3.63, 3.8) is 0 Å². The van der Waals surface area contributed by atoms with Gasteiger partial charge in [0.2, 0.25) is 15.9 Å². The van der Waals surface area contributed by atoms with Crippen LogP contribution in [0.3, 0.4) is 0 Å². The van der Waals surface area contributed by atoms with Gasteiger partial charge in [0, 0.05) is 25.3 Å². The molecule has 30 heavy (non-hydrogen) atoms. The average molecular weight is 450 g/mol. The van der Waals surface area contributed by atoms with Crippen molar-refractivity contribution in [2.45, 2.75) is 57.7 Å². The number of anilines is 1. The van der Waals surface area contributed by atoms with Gasteiger partial charge in [-0.2, -0.15) is 17.5 Å². The Hall–Kier alpha value is -1.65. The fraction of sp³-hybridized carbons (Fsp3) is 0.650. The van der Waals surface area contributed by atoms with Gasteiger partial charge in [-0.1, -0.05) is 19.9 Å². The summed E-state index contributed by atoms with van der Waals surface area (Å²) in [6, 6.07) is 3.84. The van der Waals surface area contributed by atoms with E-state index < -0.39 is 34.1 Å². The van der Waals surface area contributed by atoms with Crippen LogP contribution in [0.4, 0.5) is 18.9 Å². The molecule has 1 aromatic rings. The van der Waals surface area contributed by atoms with E-state index in [2.05, 4.69) is 5.32 Å². The highest BCUT2D eigenvalue weighted by Crippen LogP contribution is 2.34. The van der Waals surface area contributed by atoms with E-state index in [1.807, 2.05) is 0 Å². The molecule has 1 aliphatic heterocycles. The van der Waals surface area contributed by atoms with Gasteiger partial charge in [-0.25, -0.2) is 8.42 Å². The first-order chi connectivity index (χ1) is 13.9. The monoisotopic (exact) mass is 449 g/mol. The van der Waals surface area contributed by atoms with E-state index in [1.165, 1.54) is 15.3 Å². The molecule has 1 saturated heterocycles. The number of hydrogen-bond acceptors (Lipinski definition) is 4. The first kappa shape index (κ1) is 24.6. The van der Waals surface area contributed by atoms with Gasteiger partial charge in [0.25, 0.3) is 0 Å². The minimum Gasteiger partial charge on any atom is -0.325 e. The van der Waals surface area contributed by atoms with Crippen molar-refractivity contribution in [3.05, 3.63) is 23.8 Å². The summed E-state index contributed by atoms with van der Waals surface area (Å²) >= 11 is 0. The molecule has 170 valence electrons. The molecule has 1 amide bonds. The van der Waals surface area contributed by atoms with Gasteiger partial charge in [0.05, 0.1) is 16.9 Å². The minimum atomic E-state index is -4.28. The number of carbonyl (C=O) groups is 1. The molecule has 0 unspecified atom stereocenters. The smallest absolute Gasteiger partial charge is 0.325 e. The molecule has 2 rings (SSSR count). The van der Waals surface area contributed by atoms with E-state index in [1.54, 1.807) is 39.8 Å². The SMILES string of the molecule is CCN(CC)S(=O)(=O)c1cc(NC(=O)[C@H](C)N2CCC[C@H](C(F)(F)F)C2)ccc1C. The van der Waals surface area contributed by atoms with E-state index >= 15 is 0 Å². The second kappa shape index (κ2) is 9.65. The third-order valence-electron chi connectivity index (χ3n) is 5.62. The number of rotatable bonds is 7. The Labute approximate surface area is 176 Å². The Balaban J connectivity index is 2.17. The van der Waals surface area contributed by atoms with E-state index in [0.717, 1.165) is 0 Å². The lowest BCUT2D eigenvalue weighted by Gasteiger charge is -2.36. The number of alkyl halides is 3. The van der Waals surface area contributed by atoms with Gasteiger partial charge in [-0.05, 0) is 50.9 Å². The highest BCUT2D eigenvalue weighted by molar-refractivity contribution is 7.89. The highest BCUT2D eigenvalue weighted by atomic mass is 32.2. The van der Waals surface area contributed by atoms with Crippen LogP contribution in [0.5, 0.6) is 0 Å². The van der Waals surface area contributed by atoms with Crippen LogP contribution in [0.15, 0.2) is 23.1 Å². The topological polar surface area (TPSA) is 69.7 Å². The fourth-order valence-electron chi connectivity index (χ4n) is 3.70.